The zero-order valence-electron chi connectivity index (χ0n) is 12.3. The zero-order chi connectivity index (χ0) is 13.9. The first-order valence-corrected chi connectivity index (χ1v) is 7.14. The average Bonchev–Trinajstić information content (AvgIpc) is 2.47. The molecule has 0 saturated carbocycles. The number of nitrogens with zero attached hydrogens (tertiary/aromatic N) is 2. The van der Waals surface area contributed by atoms with Gasteiger partial charge in [-0.3, -0.25) is 9.98 Å². The van der Waals surface area contributed by atoms with E-state index >= 15 is 0 Å². The molecule has 0 atom stereocenters. The van der Waals surface area contributed by atoms with Crippen molar-refractivity contribution in [3.05, 3.63) is 30.1 Å². The summed E-state index contributed by atoms with van der Waals surface area (Å²) in [5, 5.41) is 6.70. The van der Waals surface area contributed by atoms with E-state index in [1.54, 1.807) is 0 Å². The van der Waals surface area contributed by atoms with Crippen LogP contribution < -0.4 is 10.6 Å². The predicted molar refractivity (Wildman–Crippen MR) is 81.4 cm³/mol. The smallest absolute Gasteiger partial charge is 0.190 e. The van der Waals surface area contributed by atoms with Gasteiger partial charge in [0.1, 0.15) is 0 Å². The first-order chi connectivity index (χ1) is 9.30. The third-order valence-corrected chi connectivity index (χ3v) is 3.34. The molecule has 19 heavy (non-hydrogen) atoms. The van der Waals surface area contributed by atoms with Crippen LogP contribution in [0.25, 0.3) is 0 Å². The van der Waals surface area contributed by atoms with Gasteiger partial charge in [0.15, 0.2) is 5.96 Å². The fourth-order valence-corrected chi connectivity index (χ4v) is 1.89. The van der Waals surface area contributed by atoms with Crippen molar-refractivity contribution in [2.24, 2.45) is 10.9 Å². The van der Waals surface area contributed by atoms with Gasteiger partial charge in [0.25, 0.3) is 0 Å². The molecule has 0 fully saturated rings. The summed E-state index contributed by atoms with van der Waals surface area (Å²) in [5.74, 6) is 1.59. The number of pyridine rings is 1. The van der Waals surface area contributed by atoms with E-state index < -0.39 is 0 Å². The molecule has 1 heterocycles. The highest BCUT2D eigenvalue weighted by Crippen LogP contribution is 2.04. The van der Waals surface area contributed by atoms with E-state index in [4.69, 9.17) is 0 Å². The first-order valence-electron chi connectivity index (χ1n) is 7.14. The van der Waals surface area contributed by atoms with E-state index in [0.717, 1.165) is 31.2 Å². The van der Waals surface area contributed by atoms with Crippen molar-refractivity contribution in [1.82, 2.24) is 15.6 Å². The van der Waals surface area contributed by atoms with Gasteiger partial charge in [-0.15, -0.1) is 0 Å². The summed E-state index contributed by atoms with van der Waals surface area (Å²) in [6, 6.07) is 6.00. The van der Waals surface area contributed by atoms with E-state index in [9.17, 15) is 0 Å². The van der Waals surface area contributed by atoms with E-state index in [0.29, 0.717) is 5.92 Å². The molecule has 0 radical (unpaired) electrons. The summed E-state index contributed by atoms with van der Waals surface area (Å²) in [6.07, 6.45) is 5.14. The van der Waals surface area contributed by atoms with Gasteiger partial charge in [0, 0.05) is 38.4 Å². The molecule has 2 N–H and O–H groups in total. The number of aliphatic imine (C=N–C) groups is 1. The molecule has 1 rings (SSSR count). The summed E-state index contributed by atoms with van der Waals surface area (Å²) < 4.78 is 0. The molecule has 0 amide bonds. The first kappa shape index (κ1) is 15.5. The van der Waals surface area contributed by atoms with E-state index in [-0.39, 0.29) is 0 Å². The molecule has 0 aliphatic heterocycles. The molecule has 0 saturated heterocycles. The maximum atomic E-state index is 4.30. The van der Waals surface area contributed by atoms with Gasteiger partial charge in [-0.25, -0.2) is 0 Å². The maximum absolute atomic E-state index is 4.30. The lowest BCUT2D eigenvalue weighted by atomic mass is 10.0. The van der Waals surface area contributed by atoms with Crippen molar-refractivity contribution in [2.45, 2.75) is 33.1 Å². The van der Waals surface area contributed by atoms with Crippen LogP contribution in [0, 0.1) is 5.92 Å². The van der Waals surface area contributed by atoms with E-state index in [2.05, 4.69) is 34.5 Å². The number of nitrogens with one attached hydrogen (secondary N) is 2. The Morgan fingerprint density at radius 1 is 1.26 bits per heavy atom. The second-order valence-corrected chi connectivity index (χ2v) is 4.63. The number of aromatic nitrogens is 1. The fraction of sp³-hybridized carbons (Fsp3) is 0.600. The van der Waals surface area contributed by atoms with Crippen LogP contribution in [0.15, 0.2) is 29.4 Å². The predicted octanol–water partition coefficient (Wildman–Crippen LogP) is 2.23. The number of rotatable bonds is 7. The van der Waals surface area contributed by atoms with E-state index in [1.807, 2.05) is 31.4 Å². The molecule has 0 unspecified atom stereocenters. The molecule has 0 bridgehead atoms. The fourth-order valence-electron chi connectivity index (χ4n) is 1.89. The minimum Gasteiger partial charge on any atom is -0.356 e. The number of hydrogen-bond acceptors (Lipinski definition) is 2. The maximum Gasteiger partial charge on any atom is 0.190 e. The molecule has 0 spiro atoms. The van der Waals surface area contributed by atoms with Crippen molar-refractivity contribution >= 4 is 5.96 Å². The van der Waals surface area contributed by atoms with Gasteiger partial charge in [-0.1, -0.05) is 32.8 Å². The number of guanidine groups is 1. The molecular formula is C15H26N4. The molecule has 1 aromatic heterocycles. The summed E-state index contributed by atoms with van der Waals surface area (Å²) in [4.78, 5) is 8.54. The largest absolute Gasteiger partial charge is 0.356 e. The minimum absolute atomic E-state index is 0.717. The molecular weight excluding hydrogens is 236 g/mol. The van der Waals surface area contributed by atoms with E-state index in [1.165, 1.54) is 12.8 Å². The lowest BCUT2D eigenvalue weighted by Gasteiger charge is -2.16. The lowest BCUT2D eigenvalue weighted by Crippen LogP contribution is -2.40. The van der Waals surface area contributed by atoms with Crippen LogP contribution in [0.1, 0.15) is 32.4 Å². The average molecular weight is 262 g/mol. The summed E-state index contributed by atoms with van der Waals surface area (Å²) in [5.41, 5.74) is 1.10. The van der Waals surface area contributed by atoms with Crippen LogP contribution >= 0.6 is 0 Å². The molecule has 106 valence electrons. The monoisotopic (exact) mass is 262 g/mol. The standard InChI is InChI=1S/C15H26N4/c1-4-13(5-2)12-19-15(16-3)18-11-9-14-8-6-7-10-17-14/h6-8,10,13H,4-5,9,11-12H2,1-3H3,(H2,16,18,19). The summed E-state index contributed by atoms with van der Waals surface area (Å²) in [7, 11) is 1.81. The topological polar surface area (TPSA) is 49.3 Å². The van der Waals surface area contributed by atoms with Crippen LogP contribution in [0.3, 0.4) is 0 Å². The van der Waals surface area contributed by atoms with Gasteiger partial charge >= 0.3 is 0 Å². The second-order valence-electron chi connectivity index (χ2n) is 4.63. The Hall–Kier alpha value is -1.58. The Balaban J connectivity index is 2.26. The Bertz CT molecular complexity index is 358. The Morgan fingerprint density at radius 2 is 2.05 bits per heavy atom. The van der Waals surface area contributed by atoms with Crippen molar-refractivity contribution in [3.8, 4) is 0 Å². The quantitative estimate of drug-likeness (QED) is 0.585. The van der Waals surface area contributed by atoms with Crippen LogP contribution in [0.2, 0.25) is 0 Å². The molecule has 0 aliphatic rings. The van der Waals surface area contributed by atoms with Crippen LogP contribution in [0.5, 0.6) is 0 Å². The third-order valence-electron chi connectivity index (χ3n) is 3.34. The van der Waals surface area contributed by atoms with Gasteiger partial charge in [-0.2, -0.15) is 0 Å². The van der Waals surface area contributed by atoms with Crippen LogP contribution in [-0.4, -0.2) is 31.1 Å². The highest BCUT2D eigenvalue weighted by Gasteiger charge is 2.04. The van der Waals surface area contributed by atoms with Crippen LogP contribution in [0.4, 0.5) is 0 Å². The number of hydrogen-bond donors (Lipinski definition) is 2. The molecule has 4 nitrogen and oxygen atoms in total. The highest BCUT2D eigenvalue weighted by atomic mass is 15.2. The SMILES string of the molecule is CCC(CC)CNC(=NC)NCCc1ccccn1. The summed E-state index contributed by atoms with van der Waals surface area (Å²) in [6.45, 7) is 6.29. The normalized spacial score (nSPS) is 11.7. The zero-order valence-corrected chi connectivity index (χ0v) is 12.3. The van der Waals surface area contributed by atoms with Gasteiger partial charge in [-0.05, 0) is 18.1 Å². The lowest BCUT2D eigenvalue weighted by molar-refractivity contribution is 0.481. The van der Waals surface area contributed by atoms with Crippen LogP contribution in [-0.2, 0) is 6.42 Å². The minimum atomic E-state index is 0.717. The third kappa shape index (κ3) is 6.22. The van der Waals surface area contributed by atoms with Crippen molar-refractivity contribution in [2.75, 3.05) is 20.1 Å². The van der Waals surface area contributed by atoms with Gasteiger partial charge in [0.2, 0.25) is 0 Å². The molecule has 0 aliphatic carbocycles. The van der Waals surface area contributed by atoms with Crippen molar-refractivity contribution < 1.29 is 0 Å². The van der Waals surface area contributed by atoms with Gasteiger partial charge < -0.3 is 10.6 Å². The van der Waals surface area contributed by atoms with Crippen molar-refractivity contribution in [1.29, 1.82) is 0 Å². The molecule has 0 aromatic carbocycles. The summed E-state index contributed by atoms with van der Waals surface area (Å²) >= 11 is 0. The van der Waals surface area contributed by atoms with Crippen molar-refractivity contribution in [3.63, 3.8) is 0 Å². The second kappa shape index (κ2) is 9.36. The highest BCUT2D eigenvalue weighted by molar-refractivity contribution is 5.79. The Morgan fingerprint density at radius 3 is 2.63 bits per heavy atom. The Kier molecular flexibility index (Phi) is 7.63. The molecule has 1 aromatic rings. The Labute approximate surface area is 116 Å². The van der Waals surface area contributed by atoms with Gasteiger partial charge in [0.05, 0.1) is 0 Å². The molecule has 4 heteroatoms.